The van der Waals surface area contributed by atoms with Crippen molar-refractivity contribution < 1.29 is 14.7 Å². The predicted molar refractivity (Wildman–Crippen MR) is 71.4 cm³/mol. The van der Waals surface area contributed by atoms with Gasteiger partial charge >= 0.3 is 5.97 Å². The van der Waals surface area contributed by atoms with Crippen LogP contribution in [0.4, 0.5) is 0 Å². The second-order valence-corrected chi connectivity index (χ2v) is 5.53. The number of aromatic amines is 1. The molecule has 0 aliphatic carbocycles. The lowest BCUT2D eigenvalue weighted by Gasteiger charge is -2.30. The van der Waals surface area contributed by atoms with Crippen molar-refractivity contribution >= 4 is 11.9 Å². The van der Waals surface area contributed by atoms with Gasteiger partial charge in [-0.3, -0.25) is 14.7 Å². The third kappa shape index (κ3) is 3.34. The summed E-state index contributed by atoms with van der Waals surface area (Å²) in [7, 11) is 0. The van der Waals surface area contributed by atoms with Gasteiger partial charge in [0, 0.05) is 25.4 Å². The molecular formula is C13H20N4O3. The SMILES string of the molecule is CC(C)c1nc(C(=O)N2CCC(CC(=O)O)CC2)n[nH]1. The van der Waals surface area contributed by atoms with Crippen LogP contribution in [0.2, 0.25) is 0 Å². The lowest BCUT2D eigenvalue weighted by molar-refractivity contribution is -0.138. The van der Waals surface area contributed by atoms with Crippen LogP contribution < -0.4 is 0 Å². The molecule has 1 fully saturated rings. The van der Waals surface area contributed by atoms with Crippen molar-refractivity contribution in [3.05, 3.63) is 11.6 Å². The summed E-state index contributed by atoms with van der Waals surface area (Å²) in [4.78, 5) is 28.8. The lowest BCUT2D eigenvalue weighted by atomic mass is 9.93. The molecule has 0 unspecified atom stereocenters. The standard InChI is InChI=1S/C13H20N4O3/c1-8(2)11-14-12(16-15-11)13(20)17-5-3-9(4-6-17)7-10(18)19/h8-9H,3-7H2,1-2H3,(H,18,19)(H,14,15,16). The number of aliphatic carboxylic acids is 1. The fourth-order valence-corrected chi connectivity index (χ4v) is 2.36. The number of nitrogens with one attached hydrogen (secondary N) is 1. The molecule has 1 aromatic rings. The van der Waals surface area contributed by atoms with Crippen LogP contribution in [0, 0.1) is 5.92 Å². The highest BCUT2D eigenvalue weighted by molar-refractivity contribution is 5.90. The van der Waals surface area contributed by atoms with Gasteiger partial charge in [-0.1, -0.05) is 13.8 Å². The summed E-state index contributed by atoms with van der Waals surface area (Å²) in [6.45, 7) is 5.10. The number of carbonyl (C=O) groups is 2. The van der Waals surface area contributed by atoms with E-state index in [9.17, 15) is 9.59 Å². The molecule has 1 aliphatic rings. The first-order chi connectivity index (χ1) is 9.47. The molecule has 1 saturated heterocycles. The minimum absolute atomic E-state index is 0.162. The molecule has 0 radical (unpaired) electrons. The van der Waals surface area contributed by atoms with Crippen LogP contribution in [0.1, 0.15) is 55.5 Å². The Bertz CT molecular complexity index is 490. The lowest BCUT2D eigenvalue weighted by Crippen LogP contribution is -2.39. The number of piperidine rings is 1. The molecule has 2 rings (SSSR count). The average molecular weight is 280 g/mol. The number of nitrogens with zero attached hydrogens (tertiary/aromatic N) is 3. The molecule has 1 aromatic heterocycles. The maximum atomic E-state index is 12.2. The minimum atomic E-state index is -0.773. The zero-order valence-corrected chi connectivity index (χ0v) is 11.8. The highest BCUT2D eigenvalue weighted by Gasteiger charge is 2.27. The summed E-state index contributed by atoms with van der Waals surface area (Å²) >= 11 is 0. The topological polar surface area (TPSA) is 99.2 Å². The fraction of sp³-hybridized carbons (Fsp3) is 0.692. The van der Waals surface area contributed by atoms with Gasteiger partial charge in [-0.25, -0.2) is 4.98 Å². The van der Waals surface area contributed by atoms with Gasteiger partial charge in [0.1, 0.15) is 5.82 Å². The molecule has 1 aliphatic heterocycles. The smallest absolute Gasteiger partial charge is 0.303 e. The van der Waals surface area contributed by atoms with E-state index in [2.05, 4.69) is 15.2 Å². The normalized spacial score (nSPS) is 16.6. The molecule has 0 spiro atoms. The van der Waals surface area contributed by atoms with Gasteiger partial charge in [0.05, 0.1) is 0 Å². The Hall–Kier alpha value is -1.92. The molecule has 110 valence electrons. The molecular weight excluding hydrogens is 260 g/mol. The maximum absolute atomic E-state index is 12.2. The molecule has 2 heterocycles. The quantitative estimate of drug-likeness (QED) is 0.864. The Morgan fingerprint density at radius 3 is 2.55 bits per heavy atom. The second kappa shape index (κ2) is 6.02. The number of hydrogen-bond acceptors (Lipinski definition) is 4. The molecule has 20 heavy (non-hydrogen) atoms. The van der Waals surface area contributed by atoms with E-state index in [-0.39, 0.29) is 30.0 Å². The molecule has 0 aromatic carbocycles. The average Bonchev–Trinajstić information content (AvgIpc) is 2.88. The van der Waals surface area contributed by atoms with Crippen molar-refractivity contribution in [2.75, 3.05) is 13.1 Å². The van der Waals surface area contributed by atoms with Gasteiger partial charge in [0.25, 0.3) is 5.91 Å². The number of carbonyl (C=O) groups excluding carboxylic acids is 1. The van der Waals surface area contributed by atoms with Crippen molar-refractivity contribution in [3.63, 3.8) is 0 Å². The van der Waals surface area contributed by atoms with E-state index in [1.165, 1.54) is 0 Å². The summed E-state index contributed by atoms with van der Waals surface area (Å²) in [5, 5.41) is 15.5. The largest absolute Gasteiger partial charge is 0.481 e. The van der Waals surface area contributed by atoms with Crippen molar-refractivity contribution in [1.82, 2.24) is 20.1 Å². The van der Waals surface area contributed by atoms with Crippen LogP contribution in [0.3, 0.4) is 0 Å². The van der Waals surface area contributed by atoms with Crippen LogP contribution in [0.5, 0.6) is 0 Å². The minimum Gasteiger partial charge on any atom is -0.481 e. The van der Waals surface area contributed by atoms with Crippen LogP contribution in [-0.2, 0) is 4.79 Å². The third-order valence-corrected chi connectivity index (χ3v) is 3.61. The Kier molecular flexibility index (Phi) is 4.36. The third-order valence-electron chi connectivity index (χ3n) is 3.61. The van der Waals surface area contributed by atoms with Gasteiger partial charge in [-0.05, 0) is 18.8 Å². The number of amides is 1. The van der Waals surface area contributed by atoms with Gasteiger partial charge < -0.3 is 10.0 Å². The summed E-state index contributed by atoms with van der Waals surface area (Å²) < 4.78 is 0. The summed E-state index contributed by atoms with van der Waals surface area (Å²) in [6, 6.07) is 0. The van der Waals surface area contributed by atoms with Crippen molar-refractivity contribution in [1.29, 1.82) is 0 Å². The number of hydrogen-bond donors (Lipinski definition) is 2. The molecule has 7 heteroatoms. The molecule has 1 amide bonds. The number of likely N-dealkylation sites (tertiary alicyclic amines) is 1. The van der Waals surface area contributed by atoms with Gasteiger partial charge in [0.2, 0.25) is 5.82 Å². The Morgan fingerprint density at radius 1 is 1.40 bits per heavy atom. The van der Waals surface area contributed by atoms with Gasteiger partial charge in [-0.15, -0.1) is 5.10 Å². The molecule has 2 N–H and O–H groups in total. The maximum Gasteiger partial charge on any atom is 0.303 e. The van der Waals surface area contributed by atoms with E-state index in [4.69, 9.17) is 5.11 Å². The predicted octanol–water partition coefficient (Wildman–Crippen LogP) is 1.26. The Morgan fingerprint density at radius 2 is 2.05 bits per heavy atom. The molecule has 0 bridgehead atoms. The zero-order chi connectivity index (χ0) is 14.7. The first-order valence-corrected chi connectivity index (χ1v) is 6.90. The van der Waals surface area contributed by atoms with Crippen molar-refractivity contribution in [2.45, 2.75) is 39.0 Å². The van der Waals surface area contributed by atoms with E-state index in [1.807, 2.05) is 13.8 Å². The first kappa shape index (κ1) is 14.5. The van der Waals surface area contributed by atoms with Crippen LogP contribution in [-0.4, -0.2) is 50.2 Å². The number of aromatic nitrogens is 3. The van der Waals surface area contributed by atoms with E-state index >= 15 is 0 Å². The van der Waals surface area contributed by atoms with Gasteiger partial charge in [-0.2, -0.15) is 0 Å². The van der Waals surface area contributed by atoms with E-state index in [0.717, 1.165) is 12.8 Å². The molecule has 7 nitrogen and oxygen atoms in total. The highest BCUT2D eigenvalue weighted by atomic mass is 16.4. The number of rotatable bonds is 4. The Labute approximate surface area is 117 Å². The molecule has 0 saturated carbocycles. The number of H-pyrrole nitrogens is 1. The van der Waals surface area contributed by atoms with Crippen LogP contribution in [0.15, 0.2) is 0 Å². The van der Waals surface area contributed by atoms with E-state index < -0.39 is 5.97 Å². The van der Waals surface area contributed by atoms with Crippen LogP contribution in [0.25, 0.3) is 0 Å². The van der Waals surface area contributed by atoms with Crippen molar-refractivity contribution in [2.24, 2.45) is 5.92 Å². The number of carboxylic acids is 1. The highest BCUT2D eigenvalue weighted by Crippen LogP contribution is 2.21. The first-order valence-electron chi connectivity index (χ1n) is 6.90. The van der Waals surface area contributed by atoms with E-state index in [0.29, 0.717) is 18.9 Å². The summed E-state index contributed by atoms with van der Waals surface area (Å²) in [5.74, 6) is 0.312. The number of carboxylic acid groups (broad SMARTS) is 1. The fourth-order valence-electron chi connectivity index (χ4n) is 2.36. The monoisotopic (exact) mass is 280 g/mol. The van der Waals surface area contributed by atoms with E-state index in [1.54, 1.807) is 4.90 Å². The zero-order valence-electron chi connectivity index (χ0n) is 11.8. The molecule has 0 atom stereocenters. The van der Waals surface area contributed by atoms with Gasteiger partial charge in [0.15, 0.2) is 0 Å². The second-order valence-electron chi connectivity index (χ2n) is 5.53. The summed E-state index contributed by atoms with van der Waals surface area (Å²) in [5.41, 5.74) is 0. The van der Waals surface area contributed by atoms with Crippen LogP contribution >= 0.6 is 0 Å². The van der Waals surface area contributed by atoms with Crippen molar-refractivity contribution in [3.8, 4) is 0 Å². The summed E-state index contributed by atoms with van der Waals surface area (Å²) in [6.07, 6.45) is 1.62. The Balaban J connectivity index is 1.92.